The molecule has 156 valence electrons. The van der Waals surface area contributed by atoms with Crippen molar-refractivity contribution in [1.29, 1.82) is 0 Å². The van der Waals surface area contributed by atoms with Crippen LogP contribution in [0.5, 0.6) is 0 Å². The van der Waals surface area contributed by atoms with E-state index in [2.05, 4.69) is 0 Å². The van der Waals surface area contributed by atoms with Crippen LogP contribution in [0.15, 0.2) is 78.9 Å². The number of hydrogen-bond donors (Lipinski definition) is 1. The summed E-state index contributed by atoms with van der Waals surface area (Å²) in [5, 5.41) is 22.7. The van der Waals surface area contributed by atoms with Crippen molar-refractivity contribution >= 4 is 23.1 Å². The van der Waals surface area contributed by atoms with E-state index >= 15 is 0 Å². The minimum Gasteiger partial charge on any atom is -0.375 e. The largest absolute Gasteiger partial charge is 0.375 e. The summed E-state index contributed by atoms with van der Waals surface area (Å²) in [7, 11) is 0. The highest BCUT2D eigenvalue weighted by atomic mass is 16.6. The maximum Gasteiger partial charge on any atom is 0.280 e. The number of aliphatic hydroxyl groups is 1. The highest BCUT2D eigenvalue weighted by molar-refractivity contribution is 6.11. The normalized spacial score (nSPS) is 17.5. The van der Waals surface area contributed by atoms with Gasteiger partial charge in [0.15, 0.2) is 11.4 Å². The lowest BCUT2D eigenvalue weighted by Gasteiger charge is -2.23. The monoisotopic (exact) mass is 416 g/mol. The van der Waals surface area contributed by atoms with E-state index in [0.29, 0.717) is 24.2 Å². The van der Waals surface area contributed by atoms with Crippen molar-refractivity contribution in [3.63, 3.8) is 0 Å². The van der Waals surface area contributed by atoms with Crippen LogP contribution in [-0.4, -0.2) is 28.3 Å². The van der Waals surface area contributed by atoms with Gasteiger partial charge in [-0.2, -0.15) is 0 Å². The van der Waals surface area contributed by atoms with Crippen LogP contribution in [0.25, 0.3) is 0 Å². The zero-order valence-corrected chi connectivity index (χ0v) is 16.6. The fourth-order valence-corrected chi connectivity index (χ4v) is 3.98. The number of ketones is 1. The Morgan fingerprint density at radius 1 is 0.968 bits per heavy atom. The second-order valence-electron chi connectivity index (χ2n) is 7.44. The third-order valence-electron chi connectivity index (χ3n) is 5.52. The predicted octanol–water partition coefficient (Wildman–Crippen LogP) is 3.64. The van der Waals surface area contributed by atoms with Crippen molar-refractivity contribution in [3.05, 3.63) is 106 Å². The minimum absolute atomic E-state index is 0.131. The summed E-state index contributed by atoms with van der Waals surface area (Å²) in [6.07, 6.45) is 0.00460. The number of nitro benzene ring substituents is 1. The molecule has 1 aliphatic rings. The van der Waals surface area contributed by atoms with Gasteiger partial charge in [-0.15, -0.1) is 0 Å². The van der Waals surface area contributed by atoms with Gasteiger partial charge in [-0.05, 0) is 24.1 Å². The molecule has 1 atom stereocenters. The van der Waals surface area contributed by atoms with Gasteiger partial charge in [0, 0.05) is 18.2 Å². The Balaban J connectivity index is 1.64. The van der Waals surface area contributed by atoms with Gasteiger partial charge in [-0.1, -0.05) is 60.7 Å². The molecule has 0 saturated carbocycles. The summed E-state index contributed by atoms with van der Waals surface area (Å²) in [6, 6.07) is 22.0. The summed E-state index contributed by atoms with van der Waals surface area (Å²) in [4.78, 5) is 38.3. The average molecular weight is 416 g/mol. The van der Waals surface area contributed by atoms with Crippen molar-refractivity contribution in [3.8, 4) is 0 Å². The average Bonchev–Trinajstić information content (AvgIpc) is 2.99. The quantitative estimate of drug-likeness (QED) is 0.360. The summed E-state index contributed by atoms with van der Waals surface area (Å²) in [5.41, 5.74) is -0.640. The second-order valence-corrected chi connectivity index (χ2v) is 7.44. The number of para-hydroxylation sites is 2. The Morgan fingerprint density at radius 2 is 1.61 bits per heavy atom. The lowest BCUT2D eigenvalue weighted by Crippen LogP contribution is -2.42. The van der Waals surface area contributed by atoms with Crippen molar-refractivity contribution in [2.75, 3.05) is 11.4 Å². The van der Waals surface area contributed by atoms with Gasteiger partial charge in [0.25, 0.3) is 11.6 Å². The molecule has 0 aliphatic carbocycles. The van der Waals surface area contributed by atoms with Crippen molar-refractivity contribution in [2.45, 2.75) is 18.4 Å². The van der Waals surface area contributed by atoms with E-state index in [0.717, 1.165) is 5.56 Å². The molecule has 0 radical (unpaired) electrons. The first-order chi connectivity index (χ1) is 14.9. The maximum absolute atomic E-state index is 13.3. The number of anilines is 1. The van der Waals surface area contributed by atoms with Gasteiger partial charge >= 0.3 is 0 Å². The molecule has 1 aliphatic heterocycles. The number of hydrogen-bond acceptors (Lipinski definition) is 5. The molecule has 0 aromatic heterocycles. The van der Waals surface area contributed by atoms with Gasteiger partial charge < -0.3 is 10.0 Å². The highest BCUT2D eigenvalue weighted by Gasteiger charge is 2.51. The topological polar surface area (TPSA) is 101 Å². The van der Waals surface area contributed by atoms with Crippen LogP contribution in [0.1, 0.15) is 27.9 Å². The number of carbonyl (C=O) groups is 2. The van der Waals surface area contributed by atoms with E-state index in [-0.39, 0.29) is 11.3 Å². The van der Waals surface area contributed by atoms with Crippen LogP contribution in [-0.2, 0) is 16.8 Å². The van der Waals surface area contributed by atoms with Crippen molar-refractivity contribution < 1.29 is 19.6 Å². The lowest BCUT2D eigenvalue weighted by molar-refractivity contribution is -0.385. The molecule has 0 spiro atoms. The van der Waals surface area contributed by atoms with Crippen molar-refractivity contribution in [2.24, 2.45) is 0 Å². The van der Waals surface area contributed by atoms with Crippen LogP contribution in [0.2, 0.25) is 0 Å². The molecule has 0 saturated heterocycles. The van der Waals surface area contributed by atoms with Crippen LogP contribution < -0.4 is 4.90 Å². The number of nitrogens with zero attached hydrogens (tertiary/aromatic N) is 2. The first-order valence-corrected chi connectivity index (χ1v) is 9.86. The Kier molecular flexibility index (Phi) is 5.35. The molecule has 31 heavy (non-hydrogen) atoms. The van der Waals surface area contributed by atoms with Crippen LogP contribution in [0.3, 0.4) is 0 Å². The molecule has 4 rings (SSSR count). The second kappa shape index (κ2) is 8.12. The number of Topliss-reactive ketones (excluding diaryl/α,β-unsaturated/α-hetero) is 1. The third kappa shape index (κ3) is 3.71. The van der Waals surface area contributed by atoms with Gasteiger partial charge in [0.1, 0.15) is 0 Å². The molecule has 1 N–H and O–H groups in total. The molecule has 1 heterocycles. The molecule has 0 fully saturated rings. The van der Waals surface area contributed by atoms with Crippen molar-refractivity contribution in [1.82, 2.24) is 0 Å². The van der Waals surface area contributed by atoms with Gasteiger partial charge in [-0.3, -0.25) is 19.7 Å². The molecule has 1 amide bonds. The summed E-state index contributed by atoms with van der Waals surface area (Å²) in [6.45, 7) is 0.335. The molecule has 1 unspecified atom stereocenters. The first-order valence-electron chi connectivity index (χ1n) is 9.86. The molecular weight excluding hydrogens is 396 g/mol. The minimum atomic E-state index is -2.08. The Hall–Kier alpha value is -3.84. The standard InChI is InChI=1S/C24H20N2O5/c27-22(18-10-4-6-12-20(18)26(30)31)16-24(29)19-11-5-7-13-21(19)25(23(24)28)15-14-17-8-2-1-3-9-17/h1-13,29H,14-16H2. The summed E-state index contributed by atoms with van der Waals surface area (Å²) >= 11 is 0. The molecule has 3 aromatic carbocycles. The van der Waals surface area contributed by atoms with E-state index in [9.17, 15) is 24.8 Å². The fourth-order valence-electron chi connectivity index (χ4n) is 3.98. The highest BCUT2D eigenvalue weighted by Crippen LogP contribution is 2.43. The first kappa shape index (κ1) is 20.4. The Labute approximate surface area is 178 Å². The van der Waals surface area contributed by atoms with Crippen LogP contribution in [0.4, 0.5) is 11.4 Å². The summed E-state index contributed by atoms with van der Waals surface area (Å²) in [5.74, 6) is -1.26. The summed E-state index contributed by atoms with van der Waals surface area (Å²) < 4.78 is 0. The molecule has 7 nitrogen and oxygen atoms in total. The zero-order valence-electron chi connectivity index (χ0n) is 16.6. The van der Waals surface area contributed by atoms with E-state index in [4.69, 9.17) is 0 Å². The van der Waals surface area contributed by atoms with Gasteiger partial charge in [0.2, 0.25) is 0 Å². The number of carbonyl (C=O) groups excluding carboxylic acids is 2. The SMILES string of the molecule is O=C(CC1(O)C(=O)N(CCc2ccccc2)c2ccccc21)c1ccccc1[N+](=O)[O-]. The number of benzene rings is 3. The van der Waals surface area contributed by atoms with E-state index in [1.54, 1.807) is 24.3 Å². The number of rotatable bonds is 7. The molecular formula is C24H20N2O5. The number of amides is 1. The van der Waals surface area contributed by atoms with Gasteiger partial charge in [0.05, 0.1) is 22.6 Å². The van der Waals surface area contributed by atoms with Crippen LogP contribution in [0, 0.1) is 10.1 Å². The lowest BCUT2D eigenvalue weighted by atomic mass is 9.88. The Bertz CT molecular complexity index is 1160. The van der Waals surface area contributed by atoms with Crippen LogP contribution >= 0.6 is 0 Å². The predicted molar refractivity (Wildman–Crippen MR) is 115 cm³/mol. The van der Waals surface area contributed by atoms with E-state index in [1.807, 2.05) is 30.3 Å². The molecule has 7 heteroatoms. The zero-order chi connectivity index (χ0) is 22.0. The van der Waals surface area contributed by atoms with E-state index < -0.39 is 28.6 Å². The molecule has 0 bridgehead atoms. The number of fused-ring (bicyclic) bond motifs is 1. The Morgan fingerprint density at radius 3 is 2.35 bits per heavy atom. The number of nitro groups is 1. The fraction of sp³-hybridized carbons (Fsp3) is 0.167. The van der Waals surface area contributed by atoms with E-state index in [1.165, 1.54) is 29.2 Å². The maximum atomic E-state index is 13.3. The third-order valence-corrected chi connectivity index (χ3v) is 5.52. The molecule has 3 aromatic rings. The van der Waals surface area contributed by atoms with Gasteiger partial charge in [-0.25, -0.2) is 0 Å². The smallest absolute Gasteiger partial charge is 0.280 e.